The maximum atomic E-state index is 11.9. The normalized spacial score (nSPS) is 10.1. The summed E-state index contributed by atoms with van der Waals surface area (Å²) in [6, 6.07) is 9.59. The first-order valence-electron chi connectivity index (χ1n) is 5.34. The van der Waals surface area contributed by atoms with E-state index < -0.39 is 0 Å². The van der Waals surface area contributed by atoms with E-state index in [2.05, 4.69) is 21.2 Å². The molecule has 0 atom stereocenters. The molecule has 0 aliphatic carbocycles. The van der Waals surface area contributed by atoms with Gasteiger partial charge in [0, 0.05) is 22.5 Å². The molecule has 2 rings (SSSR count). The van der Waals surface area contributed by atoms with E-state index in [1.54, 1.807) is 13.2 Å². The predicted octanol–water partition coefficient (Wildman–Crippen LogP) is 3.45. The van der Waals surface area contributed by atoms with Crippen LogP contribution in [0.5, 0.6) is 5.75 Å². The number of carbonyl (C=O) groups excluding carboxylic acids is 1. The Morgan fingerprint density at radius 2 is 2.28 bits per heavy atom. The highest BCUT2D eigenvalue weighted by Gasteiger charge is 2.08. The van der Waals surface area contributed by atoms with Crippen LogP contribution in [0.3, 0.4) is 0 Å². The number of amides is 1. The fourth-order valence-corrected chi connectivity index (χ4v) is 2.68. The van der Waals surface area contributed by atoms with Gasteiger partial charge in [-0.2, -0.15) is 0 Å². The lowest BCUT2D eigenvalue weighted by Crippen LogP contribution is -2.21. The van der Waals surface area contributed by atoms with Crippen molar-refractivity contribution in [3.63, 3.8) is 0 Å². The summed E-state index contributed by atoms with van der Waals surface area (Å²) in [5.41, 5.74) is 1.06. The number of hydrogen-bond acceptors (Lipinski definition) is 3. The molecule has 1 aromatic carbocycles. The monoisotopic (exact) mass is 325 g/mol. The Bertz CT molecular complexity index is 553. The second-order valence-electron chi connectivity index (χ2n) is 3.66. The predicted molar refractivity (Wildman–Crippen MR) is 76.2 cm³/mol. The Labute approximate surface area is 118 Å². The minimum Gasteiger partial charge on any atom is -0.496 e. The van der Waals surface area contributed by atoms with Gasteiger partial charge in [-0.25, -0.2) is 0 Å². The largest absolute Gasteiger partial charge is 0.496 e. The van der Waals surface area contributed by atoms with E-state index in [9.17, 15) is 4.79 Å². The highest BCUT2D eigenvalue weighted by molar-refractivity contribution is 9.10. The molecule has 3 nitrogen and oxygen atoms in total. The summed E-state index contributed by atoms with van der Waals surface area (Å²) >= 11 is 4.77. The Balaban J connectivity index is 1.96. The molecule has 1 amide bonds. The summed E-state index contributed by atoms with van der Waals surface area (Å²) in [5, 5.41) is 4.69. The van der Waals surface area contributed by atoms with Crippen molar-refractivity contribution in [2.45, 2.75) is 6.54 Å². The molecule has 18 heavy (non-hydrogen) atoms. The van der Waals surface area contributed by atoms with E-state index in [0.29, 0.717) is 17.2 Å². The van der Waals surface area contributed by atoms with Crippen molar-refractivity contribution < 1.29 is 9.53 Å². The summed E-state index contributed by atoms with van der Waals surface area (Å²) in [7, 11) is 1.59. The molecule has 0 bridgehead atoms. The third-order valence-electron chi connectivity index (χ3n) is 2.38. The number of benzene rings is 1. The Morgan fingerprint density at radius 3 is 2.94 bits per heavy atom. The van der Waals surface area contributed by atoms with Gasteiger partial charge in [-0.05, 0) is 17.7 Å². The highest BCUT2D eigenvalue weighted by atomic mass is 79.9. The molecule has 0 fully saturated rings. The van der Waals surface area contributed by atoms with E-state index >= 15 is 0 Å². The van der Waals surface area contributed by atoms with Crippen LogP contribution >= 0.6 is 27.3 Å². The quantitative estimate of drug-likeness (QED) is 0.935. The van der Waals surface area contributed by atoms with Crippen molar-refractivity contribution in [1.82, 2.24) is 5.32 Å². The summed E-state index contributed by atoms with van der Waals surface area (Å²) in [6.07, 6.45) is 0. The van der Waals surface area contributed by atoms with Gasteiger partial charge in [-0.15, -0.1) is 11.3 Å². The van der Waals surface area contributed by atoms with E-state index in [1.807, 2.05) is 29.6 Å². The minimum atomic E-state index is -0.0803. The molecule has 2 aromatic rings. The van der Waals surface area contributed by atoms with Crippen molar-refractivity contribution in [2.24, 2.45) is 0 Å². The first-order valence-corrected chi connectivity index (χ1v) is 7.01. The highest BCUT2D eigenvalue weighted by Crippen LogP contribution is 2.21. The van der Waals surface area contributed by atoms with Crippen molar-refractivity contribution in [2.75, 3.05) is 7.11 Å². The van der Waals surface area contributed by atoms with Crippen molar-refractivity contribution >= 4 is 33.2 Å². The van der Waals surface area contributed by atoms with Crippen LogP contribution in [0.15, 0.2) is 40.2 Å². The van der Waals surface area contributed by atoms with Gasteiger partial charge in [-0.1, -0.05) is 28.1 Å². The average Bonchev–Trinajstić information content (AvgIpc) is 2.85. The first kappa shape index (κ1) is 13.1. The number of hydrogen-bond donors (Lipinski definition) is 1. The summed E-state index contributed by atoms with van der Waals surface area (Å²) < 4.78 is 6.05. The number of halogens is 1. The summed E-state index contributed by atoms with van der Waals surface area (Å²) in [6.45, 7) is 0.512. The van der Waals surface area contributed by atoms with Gasteiger partial charge < -0.3 is 10.1 Å². The van der Waals surface area contributed by atoms with Crippen LogP contribution in [0.4, 0.5) is 0 Å². The van der Waals surface area contributed by atoms with Crippen LogP contribution in [0.25, 0.3) is 0 Å². The van der Waals surface area contributed by atoms with Crippen LogP contribution < -0.4 is 10.1 Å². The summed E-state index contributed by atoms with van der Waals surface area (Å²) in [5.74, 6) is 0.635. The fraction of sp³-hybridized carbons (Fsp3) is 0.154. The van der Waals surface area contributed by atoms with Crippen LogP contribution in [-0.2, 0) is 6.54 Å². The zero-order chi connectivity index (χ0) is 13.0. The van der Waals surface area contributed by atoms with Gasteiger partial charge in [0.05, 0.1) is 12.0 Å². The van der Waals surface area contributed by atoms with Gasteiger partial charge in [0.15, 0.2) is 0 Å². The smallest absolute Gasteiger partial charge is 0.261 e. The molecular formula is C13H12BrNO2S. The van der Waals surface area contributed by atoms with Crippen molar-refractivity contribution in [1.29, 1.82) is 0 Å². The molecule has 0 spiro atoms. The number of carbonyl (C=O) groups is 1. The molecule has 0 radical (unpaired) electrons. The molecule has 1 heterocycles. The Kier molecular flexibility index (Phi) is 4.38. The summed E-state index contributed by atoms with van der Waals surface area (Å²) in [4.78, 5) is 12.5. The van der Waals surface area contributed by atoms with Crippen LogP contribution in [0.1, 0.15) is 15.2 Å². The van der Waals surface area contributed by atoms with E-state index in [1.165, 1.54) is 11.3 Å². The lowest BCUT2D eigenvalue weighted by atomic mass is 10.2. The van der Waals surface area contributed by atoms with Gasteiger partial charge in [0.25, 0.3) is 5.91 Å². The fourth-order valence-electron chi connectivity index (χ4n) is 1.46. The molecule has 94 valence electrons. The molecule has 0 saturated heterocycles. The molecular weight excluding hydrogens is 314 g/mol. The Hall–Kier alpha value is -1.33. The molecule has 0 unspecified atom stereocenters. The first-order chi connectivity index (χ1) is 8.69. The molecule has 0 saturated carbocycles. The molecule has 1 aromatic heterocycles. The lowest BCUT2D eigenvalue weighted by Gasteiger charge is -2.04. The van der Waals surface area contributed by atoms with Crippen LogP contribution in [-0.4, -0.2) is 13.0 Å². The topological polar surface area (TPSA) is 38.3 Å². The van der Waals surface area contributed by atoms with Crippen LogP contribution in [0.2, 0.25) is 0 Å². The van der Waals surface area contributed by atoms with Crippen molar-refractivity contribution in [3.05, 3.63) is 50.6 Å². The van der Waals surface area contributed by atoms with E-state index in [4.69, 9.17) is 4.74 Å². The SMILES string of the molecule is COc1csc(C(=O)NCc2cccc(Br)c2)c1. The lowest BCUT2D eigenvalue weighted by molar-refractivity contribution is 0.0954. The zero-order valence-electron chi connectivity index (χ0n) is 9.77. The van der Waals surface area contributed by atoms with Crippen molar-refractivity contribution in [3.8, 4) is 5.75 Å². The molecule has 5 heteroatoms. The average molecular weight is 326 g/mol. The van der Waals surface area contributed by atoms with Gasteiger partial charge in [0.1, 0.15) is 5.75 Å². The third kappa shape index (κ3) is 3.34. The zero-order valence-corrected chi connectivity index (χ0v) is 12.2. The second-order valence-corrected chi connectivity index (χ2v) is 5.49. The standard InChI is InChI=1S/C13H12BrNO2S/c1-17-11-6-12(18-8-11)13(16)15-7-9-3-2-4-10(14)5-9/h2-6,8H,7H2,1H3,(H,15,16). The number of rotatable bonds is 4. The number of thiophene rings is 1. The number of nitrogens with one attached hydrogen (secondary N) is 1. The number of methoxy groups -OCH3 is 1. The van der Waals surface area contributed by atoms with Crippen LogP contribution in [0, 0.1) is 0 Å². The second kappa shape index (κ2) is 6.02. The number of ether oxygens (including phenoxy) is 1. The Morgan fingerprint density at radius 1 is 1.44 bits per heavy atom. The van der Waals surface area contributed by atoms with Gasteiger partial charge in [0.2, 0.25) is 0 Å². The molecule has 0 aliphatic heterocycles. The maximum Gasteiger partial charge on any atom is 0.261 e. The van der Waals surface area contributed by atoms with E-state index in [0.717, 1.165) is 10.0 Å². The molecule has 0 aliphatic rings. The van der Waals surface area contributed by atoms with Gasteiger partial charge in [-0.3, -0.25) is 4.79 Å². The van der Waals surface area contributed by atoms with Gasteiger partial charge >= 0.3 is 0 Å². The molecule has 1 N–H and O–H groups in total. The maximum absolute atomic E-state index is 11.9. The minimum absolute atomic E-state index is 0.0803. The third-order valence-corrected chi connectivity index (χ3v) is 3.78. The van der Waals surface area contributed by atoms with E-state index in [-0.39, 0.29) is 5.91 Å².